The van der Waals surface area contributed by atoms with Crippen molar-refractivity contribution in [3.05, 3.63) is 64.7 Å². The van der Waals surface area contributed by atoms with E-state index in [1.54, 1.807) is 0 Å². The van der Waals surface area contributed by atoms with Gasteiger partial charge in [0.1, 0.15) is 0 Å². The second-order valence-corrected chi connectivity index (χ2v) is 5.82. The fourth-order valence-electron chi connectivity index (χ4n) is 2.62. The van der Waals surface area contributed by atoms with Gasteiger partial charge in [-0.3, -0.25) is 4.99 Å². The van der Waals surface area contributed by atoms with Crippen LogP contribution in [0.25, 0.3) is 0 Å². The molecule has 3 rings (SSSR count). The standard InChI is InChI=1S/C17H16Cl2N2/c1-21-12(10-18)11-20-17(13-6-2-4-8-15(13)19)14-7-3-5-9-16(14)21/h2-9,12H,10-11H2,1H3. The molecule has 2 aromatic rings. The molecular formula is C17H16Cl2N2. The summed E-state index contributed by atoms with van der Waals surface area (Å²) >= 11 is 12.5. The normalized spacial score (nSPS) is 18.0. The van der Waals surface area contributed by atoms with Crippen LogP contribution in [0.2, 0.25) is 5.02 Å². The minimum atomic E-state index is 0.188. The van der Waals surface area contributed by atoms with Crippen molar-refractivity contribution >= 4 is 34.6 Å². The molecule has 21 heavy (non-hydrogen) atoms. The highest BCUT2D eigenvalue weighted by atomic mass is 35.5. The van der Waals surface area contributed by atoms with Gasteiger partial charge in [0.2, 0.25) is 0 Å². The Hall–Kier alpha value is -1.51. The van der Waals surface area contributed by atoms with Crippen LogP contribution >= 0.6 is 23.2 Å². The van der Waals surface area contributed by atoms with Gasteiger partial charge in [0.15, 0.2) is 0 Å². The Morgan fingerprint density at radius 3 is 2.48 bits per heavy atom. The van der Waals surface area contributed by atoms with Gasteiger partial charge in [-0.25, -0.2) is 0 Å². The Bertz CT molecular complexity index is 682. The molecule has 0 radical (unpaired) electrons. The third kappa shape index (κ3) is 2.66. The minimum Gasteiger partial charge on any atom is -0.368 e. The van der Waals surface area contributed by atoms with Crippen LogP contribution in [0.15, 0.2) is 53.5 Å². The molecule has 2 nitrogen and oxygen atoms in total. The highest BCUT2D eigenvalue weighted by Crippen LogP contribution is 2.29. The lowest BCUT2D eigenvalue weighted by Gasteiger charge is -2.26. The van der Waals surface area contributed by atoms with Crippen LogP contribution in [-0.4, -0.2) is 31.2 Å². The second kappa shape index (κ2) is 6.08. The molecule has 1 heterocycles. The first-order valence-electron chi connectivity index (χ1n) is 6.90. The smallest absolute Gasteiger partial charge is 0.0755 e. The molecule has 0 fully saturated rings. The van der Waals surface area contributed by atoms with E-state index in [1.807, 2.05) is 36.4 Å². The van der Waals surface area contributed by atoms with Crippen LogP contribution in [0.4, 0.5) is 5.69 Å². The Kier molecular flexibility index (Phi) is 4.18. The molecule has 1 aliphatic rings. The van der Waals surface area contributed by atoms with E-state index in [4.69, 9.17) is 28.2 Å². The quantitative estimate of drug-likeness (QED) is 0.756. The van der Waals surface area contributed by atoms with E-state index in [2.05, 4.69) is 24.1 Å². The van der Waals surface area contributed by atoms with Gasteiger partial charge in [-0.2, -0.15) is 0 Å². The monoisotopic (exact) mass is 318 g/mol. The maximum Gasteiger partial charge on any atom is 0.0755 e. The molecule has 0 aromatic heterocycles. The molecule has 0 bridgehead atoms. The number of fused-ring (bicyclic) bond motifs is 1. The van der Waals surface area contributed by atoms with Crippen molar-refractivity contribution in [2.75, 3.05) is 24.4 Å². The average molecular weight is 319 g/mol. The Balaban J connectivity index is 2.19. The van der Waals surface area contributed by atoms with Crippen LogP contribution in [0.1, 0.15) is 11.1 Å². The van der Waals surface area contributed by atoms with Gasteiger partial charge in [-0.1, -0.05) is 48.0 Å². The molecule has 0 spiro atoms. The number of alkyl halides is 1. The van der Waals surface area contributed by atoms with Crippen LogP contribution < -0.4 is 4.90 Å². The lowest BCUT2D eigenvalue weighted by molar-refractivity contribution is 0.708. The summed E-state index contributed by atoms with van der Waals surface area (Å²) in [4.78, 5) is 7.01. The summed E-state index contributed by atoms with van der Waals surface area (Å²) in [5.74, 6) is 0.546. The minimum absolute atomic E-state index is 0.188. The van der Waals surface area contributed by atoms with Gasteiger partial charge in [-0.05, 0) is 12.1 Å². The average Bonchev–Trinajstić information content (AvgIpc) is 2.65. The zero-order chi connectivity index (χ0) is 14.8. The predicted octanol–water partition coefficient (Wildman–Crippen LogP) is 4.23. The molecule has 4 heteroatoms. The molecule has 0 N–H and O–H groups in total. The molecule has 0 saturated heterocycles. The summed E-state index contributed by atoms with van der Waals surface area (Å²) in [7, 11) is 2.07. The zero-order valence-corrected chi connectivity index (χ0v) is 13.3. The molecule has 1 unspecified atom stereocenters. The van der Waals surface area contributed by atoms with E-state index >= 15 is 0 Å². The number of benzene rings is 2. The molecular weight excluding hydrogens is 303 g/mol. The number of anilines is 1. The zero-order valence-electron chi connectivity index (χ0n) is 11.8. The van der Waals surface area contributed by atoms with E-state index in [1.165, 1.54) is 0 Å². The molecule has 108 valence electrons. The van der Waals surface area contributed by atoms with Crippen molar-refractivity contribution in [2.24, 2.45) is 4.99 Å². The van der Waals surface area contributed by atoms with Crippen LogP contribution in [-0.2, 0) is 0 Å². The fraction of sp³-hybridized carbons (Fsp3) is 0.235. The van der Waals surface area contributed by atoms with Gasteiger partial charge < -0.3 is 4.90 Å². The van der Waals surface area contributed by atoms with Gasteiger partial charge in [0.05, 0.1) is 18.3 Å². The number of nitrogens with zero attached hydrogens (tertiary/aromatic N) is 2. The predicted molar refractivity (Wildman–Crippen MR) is 91.3 cm³/mol. The fourth-order valence-corrected chi connectivity index (χ4v) is 3.15. The van der Waals surface area contributed by atoms with Gasteiger partial charge in [0, 0.05) is 34.8 Å². The summed E-state index contributed by atoms with van der Waals surface area (Å²) in [6.45, 7) is 0.662. The number of rotatable bonds is 2. The lowest BCUT2D eigenvalue weighted by Crippen LogP contribution is -2.35. The maximum atomic E-state index is 6.36. The molecule has 0 saturated carbocycles. The third-order valence-corrected chi connectivity index (χ3v) is 4.54. The van der Waals surface area contributed by atoms with Crippen molar-refractivity contribution in [1.82, 2.24) is 0 Å². The Morgan fingerprint density at radius 2 is 1.76 bits per heavy atom. The van der Waals surface area contributed by atoms with E-state index in [0.717, 1.165) is 27.5 Å². The molecule has 2 aromatic carbocycles. The highest BCUT2D eigenvalue weighted by Gasteiger charge is 2.24. The molecule has 0 amide bonds. The SMILES string of the molecule is CN1c2ccccc2C(c2ccccc2Cl)=NCC1CCl. The number of hydrogen-bond acceptors (Lipinski definition) is 2. The molecule has 0 aliphatic carbocycles. The Labute approximate surface area is 135 Å². The van der Waals surface area contributed by atoms with E-state index in [0.29, 0.717) is 12.4 Å². The molecule has 1 aliphatic heterocycles. The van der Waals surface area contributed by atoms with Crippen molar-refractivity contribution in [3.63, 3.8) is 0 Å². The van der Waals surface area contributed by atoms with E-state index in [-0.39, 0.29) is 6.04 Å². The maximum absolute atomic E-state index is 6.36. The van der Waals surface area contributed by atoms with Gasteiger partial charge in [-0.15, -0.1) is 11.6 Å². The molecule has 1 atom stereocenters. The topological polar surface area (TPSA) is 15.6 Å². The van der Waals surface area contributed by atoms with Crippen molar-refractivity contribution in [2.45, 2.75) is 6.04 Å². The van der Waals surface area contributed by atoms with Crippen molar-refractivity contribution in [3.8, 4) is 0 Å². The Morgan fingerprint density at radius 1 is 1.10 bits per heavy atom. The summed E-state index contributed by atoms with van der Waals surface area (Å²) in [5, 5.41) is 0.720. The number of aliphatic imine (C=N–C) groups is 1. The van der Waals surface area contributed by atoms with Crippen molar-refractivity contribution < 1.29 is 0 Å². The highest BCUT2D eigenvalue weighted by molar-refractivity contribution is 6.35. The summed E-state index contributed by atoms with van der Waals surface area (Å²) in [5.41, 5.74) is 4.14. The third-order valence-electron chi connectivity index (χ3n) is 3.85. The largest absolute Gasteiger partial charge is 0.368 e. The van der Waals surface area contributed by atoms with Crippen LogP contribution in [0.5, 0.6) is 0 Å². The second-order valence-electron chi connectivity index (χ2n) is 5.11. The first kappa shape index (κ1) is 14.4. The first-order valence-corrected chi connectivity index (χ1v) is 7.81. The summed E-state index contributed by atoms with van der Waals surface area (Å²) in [6.07, 6.45) is 0. The van der Waals surface area contributed by atoms with Crippen molar-refractivity contribution in [1.29, 1.82) is 0 Å². The lowest BCUT2D eigenvalue weighted by atomic mass is 10.0. The number of benzodiazepines with no additional fused rings is 1. The summed E-state index contributed by atoms with van der Waals surface area (Å²) in [6, 6.07) is 16.3. The van der Waals surface area contributed by atoms with Gasteiger partial charge in [0.25, 0.3) is 0 Å². The van der Waals surface area contributed by atoms with Crippen LogP contribution in [0.3, 0.4) is 0 Å². The number of likely N-dealkylation sites (N-methyl/N-ethyl adjacent to an activating group) is 1. The number of halogens is 2. The van der Waals surface area contributed by atoms with Gasteiger partial charge >= 0.3 is 0 Å². The summed E-state index contributed by atoms with van der Waals surface area (Å²) < 4.78 is 0. The number of para-hydroxylation sites is 1. The van der Waals surface area contributed by atoms with Crippen LogP contribution in [0, 0.1) is 0 Å². The van der Waals surface area contributed by atoms with E-state index in [9.17, 15) is 0 Å². The first-order chi connectivity index (χ1) is 10.2. The number of hydrogen-bond donors (Lipinski definition) is 0. The van der Waals surface area contributed by atoms with E-state index < -0.39 is 0 Å².